The number of thiophene rings is 1. The van der Waals surface area contributed by atoms with Crippen molar-refractivity contribution in [3.63, 3.8) is 0 Å². The van der Waals surface area contributed by atoms with Gasteiger partial charge in [0.25, 0.3) is 5.91 Å². The van der Waals surface area contributed by atoms with Crippen LogP contribution in [0.25, 0.3) is 0 Å². The molecule has 1 aromatic heterocycles. The van der Waals surface area contributed by atoms with Crippen LogP contribution in [0.2, 0.25) is 0 Å². The summed E-state index contributed by atoms with van der Waals surface area (Å²) >= 11 is 0.875. The predicted octanol–water partition coefficient (Wildman–Crippen LogP) is 0.794. The molecule has 8 heteroatoms. The minimum absolute atomic E-state index is 0.0765. The van der Waals surface area contributed by atoms with Crippen LogP contribution in [0.5, 0.6) is 0 Å². The van der Waals surface area contributed by atoms with Gasteiger partial charge in [-0.25, -0.2) is 4.79 Å². The van der Waals surface area contributed by atoms with Crippen molar-refractivity contribution in [2.75, 3.05) is 12.4 Å². The molecule has 19 heavy (non-hydrogen) atoms. The van der Waals surface area contributed by atoms with E-state index in [1.165, 1.54) is 14.0 Å². The van der Waals surface area contributed by atoms with Crippen LogP contribution in [-0.4, -0.2) is 24.9 Å². The number of nitrogens with two attached hydrogens (primary N) is 1. The van der Waals surface area contributed by atoms with Gasteiger partial charge in [-0.15, -0.1) is 11.3 Å². The number of methoxy groups -OCH3 is 1. The molecule has 1 aromatic rings. The number of esters is 1. The molecule has 0 saturated heterocycles. The number of nitriles is 1. The van der Waals surface area contributed by atoms with Crippen molar-refractivity contribution in [1.82, 2.24) is 0 Å². The number of primary amides is 1. The van der Waals surface area contributed by atoms with E-state index in [9.17, 15) is 14.4 Å². The van der Waals surface area contributed by atoms with Crippen molar-refractivity contribution in [2.45, 2.75) is 13.3 Å². The van der Waals surface area contributed by atoms with Crippen LogP contribution in [0.15, 0.2) is 0 Å². The van der Waals surface area contributed by atoms with Gasteiger partial charge in [-0.1, -0.05) is 0 Å². The average Bonchev–Trinajstić information content (AvgIpc) is 2.65. The molecule has 0 aromatic carbocycles. The third-order valence-electron chi connectivity index (χ3n) is 2.25. The number of hydrogen-bond donors (Lipinski definition) is 2. The molecule has 0 spiro atoms. The Hall–Kier alpha value is -2.40. The van der Waals surface area contributed by atoms with Gasteiger partial charge < -0.3 is 15.8 Å². The van der Waals surface area contributed by atoms with Gasteiger partial charge in [0.15, 0.2) is 0 Å². The number of hydrogen-bond acceptors (Lipinski definition) is 6. The molecule has 1 heterocycles. The highest BCUT2D eigenvalue weighted by Crippen LogP contribution is 2.33. The van der Waals surface area contributed by atoms with Gasteiger partial charge in [-0.2, -0.15) is 5.26 Å². The summed E-state index contributed by atoms with van der Waals surface area (Å²) in [6.45, 7) is 1.53. The van der Waals surface area contributed by atoms with Gasteiger partial charge >= 0.3 is 5.97 Å². The minimum atomic E-state index is -0.701. The van der Waals surface area contributed by atoms with Gasteiger partial charge in [0.1, 0.15) is 11.4 Å². The topological polar surface area (TPSA) is 122 Å². The molecule has 7 nitrogen and oxygen atoms in total. The van der Waals surface area contributed by atoms with Crippen molar-refractivity contribution in [3.05, 3.63) is 16.0 Å². The summed E-state index contributed by atoms with van der Waals surface area (Å²) in [6, 6.07) is 1.68. The number of anilines is 1. The van der Waals surface area contributed by atoms with E-state index in [0.29, 0.717) is 5.56 Å². The highest BCUT2D eigenvalue weighted by atomic mass is 32.1. The Kier molecular flexibility index (Phi) is 4.61. The molecule has 1 rings (SSSR count). The zero-order chi connectivity index (χ0) is 14.6. The molecule has 3 N–H and O–H groups in total. The maximum Gasteiger partial charge on any atom is 0.341 e. The van der Waals surface area contributed by atoms with Gasteiger partial charge in [0, 0.05) is 0 Å². The fourth-order valence-corrected chi connectivity index (χ4v) is 2.49. The highest BCUT2D eigenvalue weighted by Gasteiger charge is 2.25. The van der Waals surface area contributed by atoms with Crippen LogP contribution >= 0.6 is 11.3 Å². The molecule has 0 bridgehead atoms. The van der Waals surface area contributed by atoms with Crippen molar-refractivity contribution < 1.29 is 19.1 Å². The van der Waals surface area contributed by atoms with E-state index < -0.39 is 17.8 Å². The van der Waals surface area contributed by atoms with Crippen LogP contribution < -0.4 is 11.1 Å². The molecule has 0 atom stereocenters. The van der Waals surface area contributed by atoms with E-state index in [1.54, 1.807) is 6.07 Å². The number of amides is 2. The smallest absolute Gasteiger partial charge is 0.341 e. The van der Waals surface area contributed by atoms with Gasteiger partial charge in [-0.05, 0) is 12.5 Å². The average molecular weight is 281 g/mol. The number of carbonyl (C=O) groups is 3. The quantitative estimate of drug-likeness (QED) is 0.790. The molecular weight excluding hydrogens is 270 g/mol. The van der Waals surface area contributed by atoms with E-state index in [-0.39, 0.29) is 21.9 Å². The third kappa shape index (κ3) is 3.08. The van der Waals surface area contributed by atoms with Crippen molar-refractivity contribution >= 4 is 34.1 Å². The molecule has 0 unspecified atom stereocenters. The second-order valence-electron chi connectivity index (χ2n) is 3.50. The van der Waals surface area contributed by atoms with E-state index >= 15 is 0 Å². The van der Waals surface area contributed by atoms with Crippen molar-refractivity contribution in [1.29, 1.82) is 5.26 Å². The van der Waals surface area contributed by atoms with E-state index in [2.05, 4.69) is 10.1 Å². The zero-order valence-corrected chi connectivity index (χ0v) is 11.1. The zero-order valence-electron chi connectivity index (χ0n) is 10.3. The van der Waals surface area contributed by atoms with E-state index in [0.717, 1.165) is 11.3 Å². The first kappa shape index (κ1) is 14.7. The predicted molar refractivity (Wildman–Crippen MR) is 67.8 cm³/mol. The van der Waals surface area contributed by atoms with E-state index in [1.807, 2.05) is 0 Å². The Morgan fingerprint density at radius 1 is 1.47 bits per heavy atom. The third-order valence-corrected chi connectivity index (χ3v) is 3.47. The lowest BCUT2D eigenvalue weighted by atomic mass is 10.1. The van der Waals surface area contributed by atoms with Crippen LogP contribution in [0.1, 0.15) is 32.0 Å². The summed E-state index contributed by atoms with van der Waals surface area (Å²) in [5.41, 5.74) is 5.60. The molecule has 100 valence electrons. The Balaban J connectivity index is 3.26. The number of nitrogens with zero attached hydrogens (tertiary/aromatic N) is 1. The summed E-state index contributed by atoms with van der Waals surface area (Å²) in [5, 5.41) is 11.0. The fraction of sp³-hybridized carbons (Fsp3) is 0.273. The standard InChI is InChI=1S/C11H11N3O4S/c1-5-7(11(17)18-2)10(14-6(15)3-4-12)19-8(5)9(13)16/h3H2,1-2H3,(H2,13,16)(H,14,15). The first-order valence-electron chi connectivity index (χ1n) is 5.10. The monoisotopic (exact) mass is 281 g/mol. The normalized spacial score (nSPS) is 9.53. The lowest BCUT2D eigenvalue weighted by Crippen LogP contribution is -2.13. The molecule has 0 aliphatic rings. The van der Waals surface area contributed by atoms with Gasteiger partial charge in [-0.3, -0.25) is 9.59 Å². The Morgan fingerprint density at radius 2 is 2.11 bits per heavy atom. The molecule has 0 saturated carbocycles. The Morgan fingerprint density at radius 3 is 2.58 bits per heavy atom. The maximum atomic E-state index is 11.6. The first-order valence-corrected chi connectivity index (χ1v) is 5.92. The minimum Gasteiger partial charge on any atom is -0.465 e. The van der Waals surface area contributed by atoms with Crippen molar-refractivity contribution in [2.24, 2.45) is 5.73 Å². The lowest BCUT2D eigenvalue weighted by Gasteiger charge is -2.03. The molecule has 0 fully saturated rings. The van der Waals surface area contributed by atoms with Crippen LogP contribution in [-0.2, 0) is 9.53 Å². The Labute approximate surface area is 113 Å². The summed E-state index contributed by atoms with van der Waals surface area (Å²) in [4.78, 5) is 34.4. The molecular formula is C11H11N3O4S. The van der Waals surface area contributed by atoms with Gasteiger partial charge in [0.2, 0.25) is 5.91 Å². The summed E-state index contributed by atoms with van der Waals surface area (Å²) in [7, 11) is 1.18. The largest absolute Gasteiger partial charge is 0.465 e. The Bertz CT molecular complexity index is 585. The number of carbonyl (C=O) groups excluding carboxylic acids is 3. The number of ether oxygens (including phenoxy) is 1. The van der Waals surface area contributed by atoms with Crippen LogP contribution in [0, 0.1) is 18.3 Å². The van der Waals surface area contributed by atoms with Gasteiger partial charge in [0.05, 0.1) is 23.6 Å². The summed E-state index contributed by atoms with van der Waals surface area (Å²) in [5.74, 6) is -1.97. The second kappa shape index (κ2) is 5.97. The lowest BCUT2D eigenvalue weighted by molar-refractivity contribution is -0.115. The highest BCUT2D eigenvalue weighted by molar-refractivity contribution is 7.18. The molecule has 2 amide bonds. The maximum absolute atomic E-state index is 11.6. The van der Waals surface area contributed by atoms with Crippen LogP contribution in [0.4, 0.5) is 5.00 Å². The summed E-state index contributed by atoms with van der Waals surface area (Å²) in [6.07, 6.45) is -0.358. The number of rotatable bonds is 4. The van der Waals surface area contributed by atoms with Crippen molar-refractivity contribution in [3.8, 4) is 6.07 Å². The second-order valence-corrected chi connectivity index (χ2v) is 4.52. The fourth-order valence-electron chi connectivity index (χ4n) is 1.43. The SMILES string of the molecule is COC(=O)c1c(NC(=O)CC#N)sc(C(N)=O)c1C. The summed E-state index contributed by atoms with van der Waals surface area (Å²) < 4.78 is 4.59. The van der Waals surface area contributed by atoms with E-state index in [4.69, 9.17) is 11.0 Å². The first-order chi connectivity index (χ1) is 8.92. The molecule has 0 aliphatic carbocycles. The van der Waals surface area contributed by atoms with Crippen LogP contribution in [0.3, 0.4) is 0 Å². The molecule has 0 aliphatic heterocycles. The molecule has 0 radical (unpaired) electrons. The number of nitrogens with one attached hydrogen (secondary N) is 1.